The maximum Gasteiger partial charge on any atom is 0.471 e. The average Bonchev–Trinajstić information content (AvgIpc) is 2.25. The Morgan fingerprint density at radius 2 is 1.95 bits per heavy atom. The molecule has 0 fully saturated rings. The van der Waals surface area contributed by atoms with Crippen molar-refractivity contribution in [1.82, 2.24) is 5.32 Å². The van der Waals surface area contributed by atoms with Crippen molar-refractivity contribution in [1.29, 1.82) is 0 Å². The Labute approximate surface area is 125 Å². The fourth-order valence-corrected chi connectivity index (χ4v) is 2.96. The molecule has 112 valence electrons. The number of alkyl halides is 3. The van der Waals surface area contributed by atoms with Crippen LogP contribution >= 0.6 is 26.6 Å². The smallest absolute Gasteiger partial charge is 0.348 e. The monoisotopic (exact) mass is 393 g/mol. The molecule has 0 radical (unpaired) electrons. The zero-order valence-corrected chi connectivity index (χ0v) is 12.8. The van der Waals surface area contributed by atoms with E-state index in [4.69, 9.17) is 10.7 Å². The second kappa shape index (κ2) is 6.31. The Morgan fingerprint density at radius 1 is 1.35 bits per heavy atom. The fourth-order valence-electron chi connectivity index (χ4n) is 1.39. The van der Waals surface area contributed by atoms with Gasteiger partial charge in [0.1, 0.15) is 0 Å². The van der Waals surface area contributed by atoms with Gasteiger partial charge in [0.15, 0.2) is 0 Å². The van der Waals surface area contributed by atoms with Crippen LogP contribution in [0.4, 0.5) is 13.2 Å². The van der Waals surface area contributed by atoms with Gasteiger partial charge in [0.25, 0.3) is 9.05 Å². The molecular weight excluding hydrogens is 387 g/mol. The third-order valence-electron chi connectivity index (χ3n) is 2.22. The van der Waals surface area contributed by atoms with Crippen LogP contribution in [0.3, 0.4) is 0 Å². The maximum absolute atomic E-state index is 12.0. The van der Waals surface area contributed by atoms with Crippen molar-refractivity contribution in [2.75, 3.05) is 6.54 Å². The lowest BCUT2D eigenvalue weighted by atomic mass is 10.1. The van der Waals surface area contributed by atoms with Crippen LogP contribution in [-0.2, 0) is 20.3 Å². The average molecular weight is 395 g/mol. The zero-order valence-electron chi connectivity index (χ0n) is 9.67. The first-order chi connectivity index (χ1) is 9.01. The Morgan fingerprint density at radius 3 is 2.45 bits per heavy atom. The summed E-state index contributed by atoms with van der Waals surface area (Å²) in [6, 6.07) is 4.08. The minimum atomic E-state index is -4.97. The molecule has 0 aliphatic carbocycles. The Balaban J connectivity index is 2.83. The summed E-state index contributed by atoms with van der Waals surface area (Å²) in [5.74, 6) is -2.08. The van der Waals surface area contributed by atoms with Gasteiger partial charge in [-0.1, -0.05) is 15.9 Å². The van der Waals surface area contributed by atoms with Crippen molar-refractivity contribution in [3.63, 3.8) is 0 Å². The predicted octanol–water partition coefficient (Wildman–Crippen LogP) is 2.60. The third-order valence-corrected chi connectivity index (χ3v) is 4.14. The lowest BCUT2D eigenvalue weighted by Gasteiger charge is -2.10. The number of carbonyl (C=O) groups is 1. The molecule has 0 aliphatic heterocycles. The van der Waals surface area contributed by atoms with E-state index in [0.717, 1.165) is 0 Å². The van der Waals surface area contributed by atoms with Crippen LogP contribution in [0.25, 0.3) is 0 Å². The largest absolute Gasteiger partial charge is 0.471 e. The highest BCUT2D eigenvalue weighted by atomic mass is 79.9. The topological polar surface area (TPSA) is 63.2 Å². The van der Waals surface area contributed by atoms with Gasteiger partial charge in [0, 0.05) is 21.7 Å². The lowest BCUT2D eigenvalue weighted by molar-refractivity contribution is -0.173. The molecule has 0 saturated carbocycles. The molecule has 10 heteroatoms. The van der Waals surface area contributed by atoms with Crippen LogP contribution in [0.15, 0.2) is 27.6 Å². The van der Waals surface area contributed by atoms with E-state index in [9.17, 15) is 26.4 Å². The van der Waals surface area contributed by atoms with Gasteiger partial charge in [0.05, 0.1) is 4.90 Å². The molecule has 0 bridgehead atoms. The second-order valence-electron chi connectivity index (χ2n) is 3.69. The van der Waals surface area contributed by atoms with E-state index in [2.05, 4.69) is 15.9 Å². The number of halogens is 5. The minimum Gasteiger partial charge on any atom is -0.348 e. The summed E-state index contributed by atoms with van der Waals surface area (Å²) in [5.41, 5.74) is 0.205. The van der Waals surface area contributed by atoms with Crippen molar-refractivity contribution < 1.29 is 26.4 Å². The molecule has 0 atom stereocenters. The van der Waals surface area contributed by atoms with Crippen LogP contribution in [0.5, 0.6) is 0 Å². The molecule has 1 aromatic rings. The van der Waals surface area contributed by atoms with E-state index in [1.807, 2.05) is 0 Å². The van der Waals surface area contributed by atoms with E-state index in [0.29, 0.717) is 4.47 Å². The molecule has 0 spiro atoms. The van der Waals surface area contributed by atoms with Gasteiger partial charge in [-0.3, -0.25) is 4.79 Å². The number of amides is 1. The molecule has 0 unspecified atom stereocenters. The molecule has 1 rings (SSSR count). The first kappa shape index (κ1) is 17.3. The lowest BCUT2D eigenvalue weighted by Crippen LogP contribution is -2.37. The number of nitrogens with one attached hydrogen (secondary N) is 1. The van der Waals surface area contributed by atoms with E-state index < -0.39 is 21.1 Å². The van der Waals surface area contributed by atoms with Crippen molar-refractivity contribution >= 4 is 41.6 Å². The summed E-state index contributed by atoms with van der Waals surface area (Å²) in [5, 5.41) is 1.65. The summed E-state index contributed by atoms with van der Waals surface area (Å²) in [6.07, 6.45) is -5.08. The van der Waals surface area contributed by atoms with Crippen molar-refractivity contribution in [2.24, 2.45) is 0 Å². The highest BCUT2D eigenvalue weighted by Crippen LogP contribution is 2.24. The standard InChI is InChI=1S/C10H8BrClF3NO3S/c11-7-1-2-8(20(12,18)19)6(5-7)3-4-16-9(17)10(13,14)15/h1-2,5H,3-4H2,(H,16,17). The molecular formula is C10H8BrClF3NO3S. The number of hydrogen-bond acceptors (Lipinski definition) is 3. The summed E-state index contributed by atoms with van der Waals surface area (Å²) < 4.78 is 59.1. The fraction of sp³-hybridized carbons (Fsp3) is 0.300. The van der Waals surface area contributed by atoms with E-state index >= 15 is 0 Å². The quantitative estimate of drug-likeness (QED) is 0.799. The summed E-state index contributed by atoms with van der Waals surface area (Å²) >= 11 is 3.11. The Hall–Kier alpha value is -0.800. The number of hydrogen-bond donors (Lipinski definition) is 1. The van der Waals surface area contributed by atoms with Gasteiger partial charge in [0.2, 0.25) is 0 Å². The predicted molar refractivity (Wildman–Crippen MR) is 69.9 cm³/mol. The van der Waals surface area contributed by atoms with Gasteiger partial charge in [-0.25, -0.2) is 8.42 Å². The molecule has 1 N–H and O–H groups in total. The third kappa shape index (κ3) is 4.95. The zero-order chi connectivity index (χ0) is 15.6. The molecule has 4 nitrogen and oxygen atoms in total. The normalized spacial score (nSPS) is 12.2. The first-order valence-corrected chi connectivity index (χ1v) is 8.20. The highest BCUT2D eigenvalue weighted by molar-refractivity contribution is 9.10. The van der Waals surface area contributed by atoms with Gasteiger partial charge in [-0.2, -0.15) is 13.2 Å². The Kier molecular flexibility index (Phi) is 5.45. The van der Waals surface area contributed by atoms with Crippen molar-refractivity contribution in [3.05, 3.63) is 28.2 Å². The molecule has 0 heterocycles. The minimum absolute atomic E-state index is 0.109. The number of rotatable bonds is 4. The van der Waals surface area contributed by atoms with E-state index in [-0.39, 0.29) is 23.4 Å². The summed E-state index contributed by atoms with van der Waals surface area (Å²) in [4.78, 5) is 10.4. The van der Waals surface area contributed by atoms with Crippen molar-refractivity contribution in [3.8, 4) is 0 Å². The first-order valence-electron chi connectivity index (χ1n) is 5.10. The van der Waals surface area contributed by atoms with Crippen LogP contribution in [0.2, 0.25) is 0 Å². The molecule has 20 heavy (non-hydrogen) atoms. The molecule has 1 aromatic carbocycles. The molecule has 1 amide bonds. The second-order valence-corrected chi connectivity index (χ2v) is 7.14. The number of carbonyl (C=O) groups excluding carboxylic acids is 1. The Bertz CT molecular complexity index is 619. The van der Waals surface area contributed by atoms with Crippen LogP contribution in [0.1, 0.15) is 5.56 Å². The van der Waals surface area contributed by atoms with Crippen LogP contribution < -0.4 is 5.32 Å². The summed E-state index contributed by atoms with van der Waals surface area (Å²) in [6.45, 7) is -0.367. The van der Waals surface area contributed by atoms with Crippen molar-refractivity contribution in [2.45, 2.75) is 17.5 Å². The van der Waals surface area contributed by atoms with Gasteiger partial charge in [-0.05, 0) is 30.2 Å². The van der Waals surface area contributed by atoms with E-state index in [1.165, 1.54) is 18.2 Å². The maximum atomic E-state index is 12.0. The van der Waals surface area contributed by atoms with Gasteiger partial charge >= 0.3 is 12.1 Å². The molecule has 0 aromatic heterocycles. The molecule has 0 aliphatic rings. The number of benzene rings is 1. The SMILES string of the molecule is O=C(NCCc1cc(Br)ccc1S(=O)(=O)Cl)C(F)(F)F. The van der Waals surface area contributed by atoms with Gasteiger partial charge < -0.3 is 5.32 Å². The molecule has 0 saturated heterocycles. The van der Waals surface area contributed by atoms with Crippen LogP contribution in [0, 0.1) is 0 Å². The highest BCUT2D eigenvalue weighted by Gasteiger charge is 2.38. The van der Waals surface area contributed by atoms with E-state index in [1.54, 1.807) is 5.32 Å². The summed E-state index contributed by atoms with van der Waals surface area (Å²) in [7, 11) is 1.21. The van der Waals surface area contributed by atoms with Crippen LogP contribution in [-0.4, -0.2) is 27.0 Å². The van der Waals surface area contributed by atoms with Gasteiger partial charge in [-0.15, -0.1) is 0 Å².